The number of benzene rings is 1. The molecule has 0 saturated heterocycles. The van der Waals surface area contributed by atoms with Crippen LogP contribution in [0.15, 0.2) is 30.6 Å². The number of pyridine rings is 1. The average Bonchev–Trinajstić information content (AvgIpc) is 2.99. The maximum atomic E-state index is 13.6. The summed E-state index contributed by atoms with van der Waals surface area (Å²) in [4.78, 5) is 26.6. The maximum absolute atomic E-state index is 13.6. The Hall–Kier alpha value is -3.20. The topological polar surface area (TPSA) is 117 Å². The lowest BCUT2D eigenvalue weighted by atomic mass is 10.1. The Morgan fingerprint density at radius 3 is 2.72 bits per heavy atom. The number of carbonyl (C=O) groups is 2. The van der Waals surface area contributed by atoms with Crippen molar-refractivity contribution >= 4 is 29.1 Å². The summed E-state index contributed by atoms with van der Waals surface area (Å²) in [5, 5.41) is 25.1. The first kappa shape index (κ1) is 16.7. The van der Waals surface area contributed by atoms with Crippen molar-refractivity contribution in [3.8, 4) is 17.0 Å². The Morgan fingerprint density at radius 2 is 2.04 bits per heavy atom. The van der Waals surface area contributed by atoms with Gasteiger partial charge in [0.1, 0.15) is 30.0 Å². The van der Waals surface area contributed by atoms with Crippen LogP contribution in [0.3, 0.4) is 0 Å². The van der Waals surface area contributed by atoms with Crippen LogP contribution in [0.5, 0.6) is 5.75 Å². The number of hydrogen-bond donors (Lipinski definition) is 3. The van der Waals surface area contributed by atoms with Gasteiger partial charge in [0, 0.05) is 16.7 Å². The van der Waals surface area contributed by atoms with E-state index in [9.17, 15) is 19.1 Å². The number of amides is 1. The van der Waals surface area contributed by atoms with Crippen LogP contribution in [-0.2, 0) is 4.79 Å². The highest BCUT2D eigenvalue weighted by Crippen LogP contribution is 2.30. The predicted molar refractivity (Wildman–Crippen MR) is 85.0 cm³/mol. The van der Waals surface area contributed by atoms with E-state index in [1.807, 2.05) is 0 Å². The fraction of sp³-hybridized carbons (Fsp3) is 0.0667. The minimum Gasteiger partial charge on any atom is -0.507 e. The lowest BCUT2D eigenvalue weighted by Crippen LogP contribution is -2.29. The number of nitrogens with one attached hydrogen (secondary N) is 1. The first-order chi connectivity index (χ1) is 11.9. The molecule has 0 aliphatic heterocycles. The molecule has 0 aliphatic rings. The van der Waals surface area contributed by atoms with Gasteiger partial charge in [0.05, 0.1) is 5.69 Å². The lowest BCUT2D eigenvalue weighted by molar-refractivity contribution is -0.135. The molecule has 2 aromatic heterocycles. The smallest absolute Gasteiger partial charge is 0.322 e. The minimum absolute atomic E-state index is 0.0155. The van der Waals surface area contributed by atoms with Gasteiger partial charge >= 0.3 is 5.97 Å². The van der Waals surface area contributed by atoms with E-state index in [1.165, 1.54) is 22.7 Å². The second-order valence-corrected chi connectivity index (χ2v) is 5.46. The quantitative estimate of drug-likeness (QED) is 0.648. The van der Waals surface area contributed by atoms with Crippen molar-refractivity contribution in [1.82, 2.24) is 19.9 Å². The summed E-state index contributed by atoms with van der Waals surface area (Å²) in [5.41, 5.74) is 0.303. The van der Waals surface area contributed by atoms with Gasteiger partial charge in [-0.15, -0.1) is 0 Å². The minimum atomic E-state index is -1.24. The van der Waals surface area contributed by atoms with Crippen LogP contribution in [-0.4, -0.2) is 43.2 Å². The number of rotatable bonds is 4. The van der Waals surface area contributed by atoms with Gasteiger partial charge in [0.15, 0.2) is 5.65 Å². The van der Waals surface area contributed by atoms with E-state index >= 15 is 0 Å². The monoisotopic (exact) mass is 364 g/mol. The first-order valence-electron chi connectivity index (χ1n) is 6.89. The highest BCUT2D eigenvalue weighted by atomic mass is 35.5. The first-order valence-corrected chi connectivity index (χ1v) is 7.27. The fourth-order valence-corrected chi connectivity index (χ4v) is 2.56. The third kappa shape index (κ3) is 3.22. The van der Waals surface area contributed by atoms with Gasteiger partial charge in [-0.05, 0) is 18.2 Å². The highest BCUT2D eigenvalue weighted by Gasteiger charge is 2.21. The Morgan fingerprint density at radius 1 is 1.28 bits per heavy atom. The standard InChI is InChI=1S/C15H10ClFN4O4/c16-8-1-7(2-9(17)3-8)10-4-11(22)13(14-19-6-20-21(10)14)15(25)18-5-12(23)24/h1-4,6,22H,5H2,(H,18,25)(H,23,24). The average molecular weight is 365 g/mol. The zero-order chi connectivity index (χ0) is 18.1. The van der Waals surface area contributed by atoms with Gasteiger partial charge in [0.2, 0.25) is 0 Å². The summed E-state index contributed by atoms with van der Waals surface area (Å²) in [6.07, 6.45) is 1.15. The summed E-state index contributed by atoms with van der Waals surface area (Å²) >= 11 is 5.85. The van der Waals surface area contributed by atoms with E-state index in [1.54, 1.807) is 0 Å². The number of carbonyl (C=O) groups excluding carboxylic acids is 1. The lowest BCUT2D eigenvalue weighted by Gasteiger charge is -2.11. The Balaban J connectivity index is 2.15. The molecule has 3 rings (SSSR count). The molecule has 0 saturated carbocycles. The number of aromatic nitrogens is 3. The molecule has 3 N–H and O–H groups in total. The third-order valence-electron chi connectivity index (χ3n) is 3.31. The second kappa shape index (κ2) is 6.36. The highest BCUT2D eigenvalue weighted by molar-refractivity contribution is 6.30. The number of aliphatic carboxylic acids is 1. The molecule has 1 amide bonds. The molecular formula is C15H10ClFN4O4. The number of fused-ring (bicyclic) bond motifs is 1. The number of carboxylic acids is 1. The van der Waals surface area contributed by atoms with Crippen molar-refractivity contribution < 1.29 is 24.2 Å². The van der Waals surface area contributed by atoms with Crippen LogP contribution in [0.1, 0.15) is 10.4 Å². The molecule has 2 heterocycles. The molecule has 0 spiro atoms. The van der Waals surface area contributed by atoms with Gasteiger partial charge < -0.3 is 15.5 Å². The van der Waals surface area contributed by atoms with Crippen LogP contribution in [0.4, 0.5) is 4.39 Å². The van der Waals surface area contributed by atoms with Crippen molar-refractivity contribution in [2.24, 2.45) is 0 Å². The summed E-state index contributed by atoms with van der Waals surface area (Å²) in [5.74, 6) is -3.12. The number of hydrogen-bond acceptors (Lipinski definition) is 5. The molecule has 1 aromatic carbocycles. The molecule has 8 nitrogen and oxygen atoms in total. The van der Waals surface area contributed by atoms with E-state index in [2.05, 4.69) is 15.4 Å². The van der Waals surface area contributed by atoms with E-state index in [0.717, 1.165) is 12.4 Å². The van der Waals surface area contributed by atoms with E-state index in [-0.39, 0.29) is 21.9 Å². The van der Waals surface area contributed by atoms with Crippen molar-refractivity contribution in [3.05, 3.63) is 47.0 Å². The van der Waals surface area contributed by atoms with Crippen LogP contribution >= 0.6 is 11.6 Å². The summed E-state index contributed by atoms with van der Waals surface area (Å²) in [6.45, 7) is -0.625. The molecule has 0 bridgehead atoms. The van der Waals surface area contributed by atoms with Gasteiger partial charge in [-0.3, -0.25) is 9.59 Å². The van der Waals surface area contributed by atoms with E-state index in [0.29, 0.717) is 5.56 Å². The van der Waals surface area contributed by atoms with Crippen molar-refractivity contribution in [3.63, 3.8) is 0 Å². The van der Waals surface area contributed by atoms with Crippen LogP contribution in [0, 0.1) is 5.82 Å². The van der Waals surface area contributed by atoms with Gasteiger partial charge in [0.25, 0.3) is 5.91 Å². The van der Waals surface area contributed by atoms with Crippen molar-refractivity contribution in [2.45, 2.75) is 0 Å². The summed E-state index contributed by atoms with van der Waals surface area (Å²) < 4.78 is 14.8. The Labute approximate surface area is 144 Å². The van der Waals surface area contributed by atoms with Gasteiger partial charge in [-0.25, -0.2) is 13.9 Å². The molecule has 10 heteroatoms. The molecule has 0 unspecified atom stereocenters. The number of aromatic hydroxyl groups is 1. The zero-order valence-corrected chi connectivity index (χ0v) is 13.2. The van der Waals surface area contributed by atoms with E-state index < -0.39 is 30.0 Å². The van der Waals surface area contributed by atoms with Crippen molar-refractivity contribution in [2.75, 3.05) is 6.54 Å². The number of carboxylic acid groups (broad SMARTS) is 1. The van der Waals surface area contributed by atoms with Crippen LogP contribution < -0.4 is 5.32 Å². The van der Waals surface area contributed by atoms with Gasteiger partial charge in [-0.1, -0.05) is 11.6 Å². The fourth-order valence-electron chi connectivity index (χ4n) is 2.34. The molecule has 0 aliphatic carbocycles. The molecule has 0 atom stereocenters. The van der Waals surface area contributed by atoms with Crippen molar-refractivity contribution in [1.29, 1.82) is 0 Å². The second-order valence-electron chi connectivity index (χ2n) is 5.02. The molecular weight excluding hydrogens is 355 g/mol. The molecule has 128 valence electrons. The SMILES string of the molecule is O=C(O)CNC(=O)c1c(O)cc(-c2cc(F)cc(Cl)c2)n2ncnc12. The maximum Gasteiger partial charge on any atom is 0.322 e. The molecule has 0 radical (unpaired) electrons. The summed E-state index contributed by atoms with van der Waals surface area (Å²) in [6, 6.07) is 4.97. The van der Waals surface area contributed by atoms with Crippen LogP contribution in [0.2, 0.25) is 5.02 Å². The van der Waals surface area contributed by atoms with E-state index in [4.69, 9.17) is 16.7 Å². The molecule has 3 aromatic rings. The molecule has 25 heavy (non-hydrogen) atoms. The normalized spacial score (nSPS) is 10.8. The number of nitrogens with zero attached hydrogens (tertiary/aromatic N) is 3. The predicted octanol–water partition coefficient (Wildman–Crippen LogP) is 1.71. The summed E-state index contributed by atoms with van der Waals surface area (Å²) in [7, 11) is 0. The van der Waals surface area contributed by atoms with Crippen LogP contribution in [0.25, 0.3) is 16.9 Å². The van der Waals surface area contributed by atoms with Gasteiger partial charge in [-0.2, -0.15) is 5.10 Å². The number of halogens is 2. The third-order valence-corrected chi connectivity index (χ3v) is 3.53. The Bertz CT molecular complexity index is 984. The molecule has 0 fully saturated rings. The zero-order valence-electron chi connectivity index (χ0n) is 12.4. The Kier molecular flexibility index (Phi) is 4.24. The largest absolute Gasteiger partial charge is 0.507 e.